The summed E-state index contributed by atoms with van der Waals surface area (Å²) in [6, 6.07) is 7.29. The van der Waals surface area contributed by atoms with E-state index in [0.717, 1.165) is 18.1 Å². The number of carbonyl (C=O) groups excluding carboxylic acids is 1. The average Bonchev–Trinajstić information content (AvgIpc) is 2.93. The van der Waals surface area contributed by atoms with Crippen molar-refractivity contribution in [2.45, 2.75) is 26.9 Å². The number of rotatable bonds is 6. The van der Waals surface area contributed by atoms with Gasteiger partial charge in [0.15, 0.2) is 0 Å². The molecule has 2 rings (SSSR count). The number of nitrogens with one attached hydrogen (secondary N) is 1. The summed E-state index contributed by atoms with van der Waals surface area (Å²) in [6.07, 6.45) is 3.74. The van der Waals surface area contributed by atoms with Crippen LogP contribution in [0.5, 0.6) is 0 Å². The molecule has 0 unspecified atom stereocenters. The molecule has 106 valence electrons. The summed E-state index contributed by atoms with van der Waals surface area (Å²) in [7, 11) is 0. The van der Waals surface area contributed by atoms with E-state index in [-0.39, 0.29) is 5.97 Å². The summed E-state index contributed by atoms with van der Waals surface area (Å²) in [5.74, 6) is 0.667. The van der Waals surface area contributed by atoms with Crippen LogP contribution < -0.4 is 5.32 Å². The molecule has 5 heteroatoms. The second-order valence-corrected chi connectivity index (χ2v) is 4.28. The Balaban J connectivity index is 2.03. The number of aromatic nitrogens is 2. The Morgan fingerprint density at radius 3 is 3.00 bits per heavy atom. The molecule has 0 bridgehead atoms. The number of aryl methyl sites for hydroxylation is 1. The molecule has 20 heavy (non-hydrogen) atoms. The Labute approximate surface area is 118 Å². The van der Waals surface area contributed by atoms with Gasteiger partial charge in [0, 0.05) is 24.6 Å². The number of hydrogen-bond donors (Lipinski definition) is 1. The molecule has 0 aliphatic carbocycles. The van der Waals surface area contributed by atoms with Crippen LogP contribution in [0.15, 0.2) is 36.7 Å². The third-order valence-corrected chi connectivity index (χ3v) is 2.97. The number of ether oxygens (including phenoxy) is 1. The average molecular weight is 273 g/mol. The first kappa shape index (κ1) is 14.1. The van der Waals surface area contributed by atoms with Gasteiger partial charge < -0.3 is 14.6 Å². The van der Waals surface area contributed by atoms with E-state index < -0.39 is 0 Å². The minimum atomic E-state index is -0.300. The van der Waals surface area contributed by atoms with Crippen LogP contribution in [-0.2, 0) is 17.8 Å². The monoisotopic (exact) mass is 273 g/mol. The molecule has 0 atom stereocenters. The van der Waals surface area contributed by atoms with E-state index >= 15 is 0 Å². The number of nitrogens with zero attached hydrogens (tertiary/aromatic N) is 2. The van der Waals surface area contributed by atoms with Gasteiger partial charge in [0.25, 0.3) is 0 Å². The van der Waals surface area contributed by atoms with Crippen molar-refractivity contribution in [3.63, 3.8) is 0 Å². The lowest BCUT2D eigenvalue weighted by Gasteiger charge is -2.09. The number of anilines is 1. The van der Waals surface area contributed by atoms with E-state index in [0.29, 0.717) is 18.7 Å². The van der Waals surface area contributed by atoms with E-state index in [9.17, 15) is 4.79 Å². The van der Waals surface area contributed by atoms with Crippen molar-refractivity contribution in [2.24, 2.45) is 0 Å². The first-order chi connectivity index (χ1) is 9.74. The van der Waals surface area contributed by atoms with Gasteiger partial charge in [-0.1, -0.05) is 6.07 Å². The number of hydrogen-bond acceptors (Lipinski definition) is 4. The molecule has 0 saturated carbocycles. The Hall–Kier alpha value is -2.30. The van der Waals surface area contributed by atoms with Gasteiger partial charge in [0.05, 0.1) is 18.7 Å². The standard InChI is InChI=1S/C15H19N3O2/c1-3-18-9-8-16-14(18)11-17-13-7-5-6-12(10-13)15(19)20-4-2/h5-10,17H,3-4,11H2,1-2H3. The van der Waals surface area contributed by atoms with Gasteiger partial charge in [-0.05, 0) is 32.0 Å². The van der Waals surface area contributed by atoms with Crippen LogP contribution in [0, 0.1) is 0 Å². The molecule has 0 aliphatic heterocycles. The van der Waals surface area contributed by atoms with Crippen molar-refractivity contribution < 1.29 is 9.53 Å². The molecule has 0 amide bonds. The van der Waals surface area contributed by atoms with Crippen molar-refractivity contribution in [2.75, 3.05) is 11.9 Å². The van der Waals surface area contributed by atoms with Gasteiger partial charge in [-0.3, -0.25) is 0 Å². The molecule has 1 N–H and O–H groups in total. The van der Waals surface area contributed by atoms with E-state index in [1.54, 1.807) is 25.3 Å². The Kier molecular flexibility index (Phi) is 4.76. The van der Waals surface area contributed by atoms with E-state index in [2.05, 4.69) is 21.8 Å². The second-order valence-electron chi connectivity index (χ2n) is 4.28. The van der Waals surface area contributed by atoms with Crippen molar-refractivity contribution >= 4 is 11.7 Å². The van der Waals surface area contributed by atoms with Gasteiger partial charge >= 0.3 is 5.97 Å². The van der Waals surface area contributed by atoms with Gasteiger partial charge in [-0.25, -0.2) is 9.78 Å². The molecular formula is C15H19N3O2. The van der Waals surface area contributed by atoms with Gasteiger partial charge in [0.2, 0.25) is 0 Å². The molecule has 0 fully saturated rings. The van der Waals surface area contributed by atoms with Crippen LogP contribution >= 0.6 is 0 Å². The lowest BCUT2D eigenvalue weighted by atomic mass is 10.2. The highest BCUT2D eigenvalue weighted by Crippen LogP contribution is 2.13. The first-order valence-corrected chi connectivity index (χ1v) is 6.75. The molecule has 0 radical (unpaired) electrons. The normalized spacial score (nSPS) is 10.3. The first-order valence-electron chi connectivity index (χ1n) is 6.75. The highest BCUT2D eigenvalue weighted by molar-refractivity contribution is 5.90. The zero-order valence-electron chi connectivity index (χ0n) is 11.8. The highest BCUT2D eigenvalue weighted by atomic mass is 16.5. The second kappa shape index (κ2) is 6.75. The van der Waals surface area contributed by atoms with Crippen molar-refractivity contribution in [1.29, 1.82) is 0 Å². The maximum atomic E-state index is 11.7. The maximum absolute atomic E-state index is 11.7. The number of esters is 1. The Morgan fingerprint density at radius 1 is 1.40 bits per heavy atom. The van der Waals surface area contributed by atoms with Crippen LogP contribution in [0.3, 0.4) is 0 Å². The van der Waals surface area contributed by atoms with Crippen molar-refractivity contribution in [3.8, 4) is 0 Å². The lowest BCUT2D eigenvalue weighted by Crippen LogP contribution is -2.09. The van der Waals surface area contributed by atoms with Crippen molar-refractivity contribution in [3.05, 3.63) is 48.0 Å². The molecule has 0 spiro atoms. The molecule has 2 aromatic rings. The van der Waals surface area contributed by atoms with E-state index in [1.807, 2.05) is 18.3 Å². The predicted octanol–water partition coefficient (Wildman–Crippen LogP) is 2.69. The third-order valence-electron chi connectivity index (χ3n) is 2.97. The molecule has 1 aromatic carbocycles. The minimum absolute atomic E-state index is 0.300. The van der Waals surface area contributed by atoms with Crippen LogP contribution in [-0.4, -0.2) is 22.1 Å². The molecule has 0 saturated heterocycles. The summed E-state index contributed by atoms with van der Waals surface area (Å²) < 4.78 is 7.06. The van der Waals surface area contributed by atoms with Gasteiger partial charge in [0.1, 0.15) is 5.82 Å². The minimum Gasteiger partial charge on any atom is -0.462 e. The fraction of sp³-hybridized carbons (Fsp3) is 0.333. The lowest BCUT2D eigenvalue weighted by molar-refractivity contribution is 0.0526. The van der Waals surface area contributed by atoms with Gasteiger partial charge in [-0.15, -0.1) is 0 Å². The number of benzene rings is 1. The third kappa shape index (κ3) is 3.38. The molecular weight excluding hydrogens is 254 g/mol. The fourth-order valence-corrected chi connectivity index (χ4v) is 1.95. The smallest absolute Gasteiger partial charge is 0.338 e. The van der Waals surface area contributed by atoms with E-state index in [1.165, 1.54) is 0 Å². The molecule has 1 aromatic heterocycles. The molecule has 5 nitrogen and oxygen atoms in total. The summed E-state index contributed by atoms with van der Waals surface area (Å²) in [5.41, 5.74) is 1.43. The Morgan fingerprint density at radius 2 is 2.25 bits per heavy atom. The quantitative estimate of drug-likeness (QED) is 0.822. The van der Waals surface area contributed by atoms with Crippen LogP contribution in [0.1, 0.15) is 30.0 Å². The number of imidazole rings is 1. The zero-order valence-corrected chi connectivity index (χ0v) is 11.8. The van der Waals surface area contributed by atoms with Gasteiger partial charge in [-0.2, -0.15) is 0 Å². The summed E-state index contributed by atoms with van der Waals surface area (Å²) in [4.78, 5) is 16.0. The predicted molar refractivity (Wildman–Crippen MR) is 77.6 cm³/mol. The number of carbonyl (C=O) groups is 1. The van der Waals surface area contributed by atoms with Crippen molar-refractivity contribution in [1.82, 2.24) is 9.55 Å². The van der Waals surface area contributed by atoms with E-state index in [4.69, 9.17) is 4.74 Å². The highest BCUT2D eigenvalue weighted by Gasteiger charge is 2.07. The topological polar surface area (TPSA) is 56.1 Å². The summed E-state index contributed by atoms with van der Waals surface area (Å²) in [5, 5.41) is 3.27. The SMILES string of the molecule is CCOC(=O)c1cccc(NCc2nccn2CC)c1. The van der Waals surface area contributed by atoms with Crippen LogP contribution in [0.4, 0.5) is 5.69 Å². The largest absolute Gasteiger partial charge is 0.462 e. The zero-order chi connectivity index (χ0) is 14.4. The molecule has 0 aliphatic rings. The molecule has 1 heterocycles. The maximum Gasteiger partial charge on any atom is 0.338 e. The summed E-state index contributed by atoms with van der Waals surface area (Å²) >= 11 is 0. The Bertz CT molecular complexity index is 578. The summed E-state index contributed by atoms with van der Waals surface area (Å²) in [6.45, 7) is 5.76. The fourth-order valence-electron chi connectivity index (χ4n) is 1.95. The van der Waals surface area contributed by atoms with Crippen LogP contribution in [0.25, 0.3) is 0 Å². The van der Waals surface area contributed by atoms with Crippen LogP contribution in [0.2, 0.25) is 0 Å².